The van der Waals surface area contributed by atoms with E-state index in [2.05, 4.69) is 5.32 Å². The van der Waals surface area contributed by atoms with E-state index in [1.165, 1.54) is 0 Å². The molecule has 4 nitrogen and oxygen atoms in total. The second kappa shape index (κ2) is 6.00. The molecule has 1 aromatic rings. The standard InChI is InChI=1S/C10H11NO3.C2H6/c1-2-11-10(12)7-3-4-8-9(5-7)14-6-13-8;1-2/h3-5H,2,6H2,1H3,(H,11,12);1-2H3. The molecule has 0 aromatic heterocycles. The van der Waals surface area contributed by atoms with Gasteiger partial charge in [0.1, 0.15) is 0 Å². The van der Waals surface area contributed by atoms with E-state index < -0.39 is 0 Å². The lowest BCUT2D eigenvalue weighted by Gasteiger charge is -2.02. The van der Waals surface area contributed by atoms with Crippen LogP contribution in [0.4, 0.5) is 0 Å². The maximum absolute atomic E-state index is 11.4. The third-order valence-electron chi connectivity index (χ3n) is 1.97. The number of rotatable bonds is 2. The number of ether oxygens (including phenoxy) is 2. The SMILES string of the molecule is CC.CCNC(=O)c1ccc2c(c1)OCO2. The summed E-state index contributed by atoms with van der Waals surface area (Å²) in [4.78, 5) is 11.4. The van der Waals surface area contributed by atoms with Crippen molar-refractivity contribution >= 4 is 5.91 Å². The Balaban J connectivity index is 0.000000606. The lowest BCUT2D eigenvalue weighted by molar-refractivity contribution is 0.0955. The van der Waals surface area contributed by atoms with Gasteiger partial charge in [-0.1, -0.05) is 13.8 Å². The van der Waals surface area contributed by atoms with Crippen LogP contribution in [0.1, 0.15) is 31.1 Å². The highest BCUT2D eigenvalue weighted by molar-refractivity contribution is 5.94. The summed E-state index contributed by atoms with van der Waals surface area (Å²) in [6, 6.07) is 5.15. The van der Waals surface area contributed by atoms with Gasteiger partial charge in [-0.15, -0.1) is 0 Å². The lowest BCUT2D eigenvalue weighted by atomic mass is 10.2. The van der Waals surface area contributed by atoms with E-state index in [0.29, 0.717) is 23.6 Å². The molecule has 1 N–H and O–H groups in total. The van der Waals surface area contributed by atoms with Crippen LogP contribution in [0.3, 0.4) is 0 Å². The van der Waals surface area contributed by atoms with E-state index in [9.17, 15) is 4.79 Å². The van der Waals surface area contributed by atoms with E-state index in [1.54, 1.807) is 18.2 Å². The van der Waals surface area contributed by atoms with Gasteiger partial charge < -0.3 is 14.8 Å². The molecule has 1 heterocycles. The predicted octanol–water partition coefficient (Wildman–Crippen LogP) is 2.19. The monoisotopic (exact) mass is 223 g/mol. The topological polar surface area (TPSA) is 47.6 Å². The maximum Gasteiger partial charge on any atom is 0.251 e. The zero-order valence-corrected chi connectivity index (χ0v) is 9.87. The highest BCUT2D eigenvalue weighted by Crippen LogP contribution is 2.32. The van der Waals surface area contributed by atoms with Crippen molar-refractivity contribution in [3.63, 3.8) is 0 Å². The van der Waals surface area contributed by atoms with E-state index >= 15 is 0 Å². The molecule has 0 saturated carbocycles. The Morgan fingerprint density at radius 2 is 2.00 bits per heavy atom. The summed E-state index contributed by atoms with van der Waals surface area (Å²) < 4.78 is 10.3. The molecule has 4 heteroatoms. The fourth-order valence-electron chi connectivity index (χ4n) is 1.30. The van der Waals surface area contributed by atoms with Gasteiger partial charge in [0, 0.05) is 12.1 Å². The minimum atomic E-state index is -0.0919. The molecule has 0 fully saturated rings. The Bertz CT molecular complexity index is 363. The molecule has 16 heavy (non-hydrogen) atoms. The normalized spacial score (nSPS) is 11.4. The minimum absolute atomic E-state index is 0.0919. The zero-order valence-electron chi connectivity index (χ0n) is 9.87. The second-order valence-electron chi connectivity index (χ2n) is 2.93. The van der Waals surface area contributed by atoms with Crippen LogP contribution in [-0.4, -0.2) is 19.2 Å². The number of carbonyl (C=O) groups is 1. The summed E-state index contributed by atoms with van der Waals surface area (Å²) in [5.41, 5.74) is 0.594. The van der Waals surface area contributed by atoms with Gasteiger partial charge in [-0.05, 0) is 25.1 Å². The molecule has 0 radical (unpaired) electrons. The highest BCUT2D eigenvalue weighted by atomic mass is 16.7. The molecule has 2 rings (SSSR count). The van der Waals surface area contributed by atoms with Gasteiger partial charge in [-0.2, -0.15) is 0 Å². The predicted molar refractivity (Wildman–Crippen MR) is 61.9 cm³/mol. The number of fused-ring (bicyclic) bond motifs is 1. The first-order valence-corrected chi connectivity index (χ1v) is 5.49. The van der Waals surface area contributed by atoms with E-state index in [0.717, 1.165) is 0 Å². The van der Waals surface area contributed by atoms with Crippen LogP contribution in [0.25, 0.3) is 0 Å². The van der Waals surface area contributed by atoms with Crippen molar-refractivity contribution in [2.75, 3.05) is 13.3 Å². The summed E-state index contributed by atoms with van der Waals surface area (Å²) in [5.74, 6) is 1.23. The Labute approximate surface area is 95.6 Å². The Morgan fingerprint density at radius 1 is 1.31 bits per heavy atom. The van der Waals surface area contributed by atoms with Crippen LogP contribution in [-0.2, 0) is 0 Å². The average molecular weight is 223 g/mol. The minimum Gasteiger partial charge on any atom is -0.454 e. The van der Waals surface area contributed by atoms with Crippen LogP contribution in [0, 0.1) is 0 Å². The van der Waals surface area contributed by atoms with Crippen LogP contribution >= 0.6 is 0 Å². The third kappa shape index (κ3) is 2.66. The van der Waals surface area contributed by atoms with Gasteiger partial charge in [0.15, 0.2) is 11.5 Å². The molecule has 0 saturated heterocycles. The summed E-state index contributed by atoms with van der Waals surface area (Å²) in [7, 11) is 0. The highest BCUT2D eigenvalue weighted by Gasteiger charge is 2.15. The summed E-state index contributed by atoms with van der Waals surface area (Å²) in [6.45, 7) is 6.73. The van der Waals surface area contributed by atoms with Crippen molar-refractivity contribution in [3.8, 4) is 11.5 Å². The molecule has 0 bridgehead atoms. The smallest absolute Gasteiger partial charge is 0.251 e. The summed E-state index contributed by atoms with van der Waals surface area (Å²) >= 11 is 0. The van der Waals surface area contributed by atoms with Gasteiger partial charge in [0.05, 0.1) is 0 Å². The van der Waals surface area contributed by atoms with Crippen molar-refractivity contribution in [1.82, 2.24) is 5.32 Å². The first-order chi connectivity index (χ1) is 7.81. The molecule has 0 spiro atoms. The maximum atomic E-state index is 11.4. The van der Waals surface area contributed by atoms with E-state index in [4.69, 9.17) is 9.47 Å². The fourth-order valence-corrected chi connectivity index (χ4v) is 1.30. The summed E-state index contributed by atoms with van der Waals surface area (Å²) in [5, 5.41) is 2.72. The molecule has 1 aliphatic rings. The quantitative estimate of drug-likeness (QED) is 0.836. The number of amides is 1. The number of nitrogens with one attached hydrogen (secondary N) is 1. The molecular formula is C12H17NO3. The molecule has 1 aliphatic heterocycles. The van der Waals surface area contributed by atoms with E-state index in [-0.39, 0.29) is 12.7 Å². The molecular weight excluding hydrogens is 206 g/mol. The Hall–Kier alpha value is -1.71. The first-order valence-electron chi connectivity index (χ1n) is 5.49. The van der Waals surface area contributed by atoms with Crippen molar-refractivity contribution in [2.45, 2.75) is 20.8 Å². The molecule has 0 aliphatic carbocycles. The average Bonchev–Trinajstić information content (AvgIpc) is 2.79. The van der Waals surface area contributed by atoms with Gasteiger partial charge in [-0.25, -0.2) is 0 Å². The fraction of sp³-hybridized carbons (Fsp3) is 0.417. The molecule has 88 valence electrons. The van der Waals surface area contributed by atoms with E-state index in [1.807, 2.05) is 20.8 Å². The number of carbonyl (C=O) groups excluding carboxylic acids is 1. The number of benzene rings is 1. The van der Waals surface area contributed by atoms with Crippen LogP contribution < -0.4 is 14.8 Å². The molecule has 0 atom stereocenters. The van der Waals surface area contributed by atoms with Crippen LogP contribution in [0.2, 0.25) is 0 Å². The Kier molecular flexibility index (Phi) is 4.64. The second-order valence-corrected chi connectivity index (χ2v) is 2.93. The number of hydrogen-bond donors (Lipinski definition) is 1. The van der Waals surface area contributed by atoms with Gasteiger partial charge >= 0.3 is 0 Å². The first kappa shape index (κ1) is 12.4. The third-order valence-corrected chi connectivity index (χ3v) is 1.97. The van der Waals surface area contributed by atoms with Gasteiger partial charge in [0.25, 0.3) is 5.91 Å². The van der Waals surface area contributed by atoms with Gasteiger partial charge in [-0.3, -0.25) is 4.79 Å². The largest absolute Gasteiger partial charge is 0.454 e. The molecule has 0 unspecified atom stereocenters. The van der Waals surface area contributed by atoms with Crippen LogP contribution in [0.15, 0.2) is 18.2 Å². The Morgan fingerprint density at radius 3 is 2.69 bits per heavy atom. The van der Waals surface area contributed by atoms with Crippen molar-refractivity contribution in [3.05, 3.63) is 23.8 Å². The van der Waals surface area contributed by atoms with Gasteiger partial charge in [0.2, 0.25) is 6.79 Å². The lowest BCUT2D eigenvalue weighted by Crippen LogP contribution is -2.22. The number of hydrogen-bond acceptors (Lipinski definition) is 3. The molecule has 1 amide bonds. The van der Waals surface area contributed by atoms with Crippen molar-refractivity contribution < 1.29 is 14.3 Å². The summed E-state index contributed by atoms with van der Waals surface area (Å²) in [6.07, 6.45) is 0. The zero-order chi connectivity index (χ0) is 12.0. The van der Waals surface area contributed by atoms with Crippen molar-refractivity contribution in [2.24, 2.45) is 0 Å². The van der Waals surface area contributed by atoms with Crippen molar-refractivity contribution in [1.29, 1.82) is 0 Å². The molecule has 1 aromatic carbocycles. The van der Waals surface area contributed by atoms with Crippen LogP contribution in [0.5, 0.6) is 11.5 Å².